The van der Waals surface area contributed by atoms with E-state index in [0.29, 0.717) is 0 Å². The lowest BCUT2D eigenvalue weighted by atomic mass is 10.2. The van der Waals surface area contributed by atoms with E-state index >= 15 is 0 Å². The molecule has 16 heavy (non-hydrogen) atoms. The summed E-state index contributed by atoms with van der Waals surface area (Å²) in [6.07, 6.45) is 2.04. The number of rotatable bonds is 3. The molecule has 1 atom stereocenters. The largest absolute Gasteiger partial charge is 0.347 e. The molecular formula is C12H14N4. The standard InChI is InChI=1S/C12H14N4/c1-9-3-4-12-11(7-9)5-6-16(12)8-10(2)14-15-13/h3-7,10H,8H2,1-2H3. The van der Waals surface area contributed by atoms with Crippen molar-refractivity contribution in [3.63, 3.8) is 0 Å². The molecular weight excluding hydrogens is 200 g/mol. The lowest BCUT2D eigenvalue weighted by molar-refractivity contribution is 0.602. The maximum atomic E-state index is 8.36. The van der Waals surface area contributed by atoms with Crippen molar-refractivity contribution >= 4 is 10.9 Å². The van der Waals surface area contributed by atoms with Crippen LogP contribution in [0.5, 0.6) is 0 Å². The molecule has 1 aromatic carbocycles. The molecule has 2 aromatic rings. The lowest BCUT2D eigenvalue weighted by Crippen LogP contribution is -2.08. The van der Waals surface area contributed by atoms with Crippen LogP contribution in [0.4, 0.5) is 0 Å². The van der Waals surface area contributed by atoms with Crippen LogP contribution in [0.1, 0.15) is 12.5 Å². The molecule has 0 N–H and O–H groups in total. The minimum absolute atomic E-state index is 0.0260. The molecule has 0 amide bonds. The second-order valence-corrected chi connectivity index (χ2v) is 4.08. The molecule has 1 heterocycles. The Morgan fingerprint density at radius 3 is 3.00 bits per heavy atom. The highest BCUT2D eigenvalue weighted by molar-refractivity contribution is 5.80. The number of hydrogen-bond acceptors (Lipinski definition) is 1. The fraction of sp³-hybridized carbons (Fsp3) is 0.333. The van der Waals surface area contributed by atoms with Crippen LogP contribution in [0.15, 0.2) is 35.6 Å². The Hall–Kier alpha value is -1.93. The Balaban J connectivity index is 2.35. The smallest absolute Gasteiger partial charge is 0.0525 e. The first-order valence-corrected chi connectivity index (χ1v) is 5.30. The Bertz CT molecular complexity index is 549. The summed E-state index contributed by atoms with van der Waals surface area (Å²) in [6.45, 7) is 4.72. The summed E-state index contributed by atoms with van der Waals surface area (Å²) in [5.41, 5.74) is 10.8. The van der Waals surface area contributed by atoms with Gasteiger partial charge in [-0.1, -0.05) is 23.7 Å². The summed E-state index contributed by atoms with van der Waals surface area (Å²) in [7, 11) is 0. The quantitative estimate of drug-likeness (QED) is 0.425. The molecule has 1 unspecified atom stereocenters. The second-order valence-electron chi connectivity index (χ2n) is 4.08. The zero-order chi connectivity index (χ0) is 11.5. The van der Waals surface area contributed by atoms with Gasteiger partial charge in [-0.05, 0) is 36.0 Å². The number of azide groups is 1. The summed E-state index contributed by atoms with van der Waals surface area (Å²) < 4.78 is 2.12. The van der Waals surface area contributed by atoms with Crippen molar-refractivity contribution in [2.45, 2.75) is 26.4 Å². The van der Waals surface area contributed by atoms with Gasteiger partial charge >= 0.3 is 0 Å². The molecule has 1 aromatic heterocycles. The van der Waals surface area contributed by atoms with Crippen LogP contribution in [-0.4, -0.2) is 10.6 Å². The molecule has 0 fully saturated rings. The van der Waals surface area contributed by atoms with E-state index in [0.717, 1.165) is 6.54 Å². The third kappa shape index (κ3) is 2.02. The molecule has 0 saturated heterocycles. The van der Waals surface area contributed by atoms with E-state index in [1.54, 1.807) is 0 Å². The highest BCUT2D eigenvalue weighted by Gasteiger charge is 2.04. The first-order valence-electron chi connectivity index (χ1n) is 5.30. The van der Waals surface area contributed by atoms with Gasteiger partial charge in [0.05, 0.1) is 6.04 Å². The van der Waals surface area contributed by atoms with Crippen LogP contribution in [0, 0.1) is 6.92 Å². The molecule has 0 radical (unpaired) electrons. The second kappa shape index (κ2) is 4.29. The predicted octanol–water partition coefficient (Wildman–Crippen LogP) is 3.65. The van der Waals surface area contributed by atoms with Crippen molar-refractivity contribution in [2.75, 3.05) is 0 Å². The van der Waals surface area contributed by atoms with Crippen LogP contribution in [0.2, 0.25) is 0 Å². The number of fused-ring (bicyclic) bond motifs is 1. The van der Waals surface area contributed by atoms with Gasteiger partial charge in [0, 0.05) is 23.2 Å². The normalized spacial score (nSPS) is 12.4. The van der Waals surface area contributed by atoms with Crippen molar-refractivity contribution in [3.05, 3.63) is 46.5 Å². The first kappa shape index (κ1) is 10.6. The highest BCUT2D eigenvalue weighted by Crippen LogP contribution is 2.18. The van der Waals surface area contributed by atoms with Gasteiger partial charge in [-0.3, -0.25) is 0 Å². The van der Waals surface area contributed by atoms with Crippen LogP contribution in [-0.2, 0) is 6.54 Å². The SMILES string of the molecule is Cc1ccc2c(ccn2CC(C)N=[N+]=[N-])c1. The first-order chi connectivity index (χ1) is 7.70. The zero-order valence-electron chi connectivity index (χ0n) is 9.46. The molecule has 2 rings (SSSR count). The Morgan fingerprint density at radius 1 is 1.44 bits per heavy atom. The van der Waals surface area contributed by atoms with Gasteiger partial charge in [0.2, 0.25) is 0 Å². The topological polar surface area (TPSA) is 53.7 Å². The number of hydrogen-bond donors (Lipinski definition) is 0. The Morgan fingerprint density at radius 2 is 2.25 bits per heavy atom. The summed E-state index contributed by atoms with van der Waals surface area (Å²) in [5, 5.41) is 4.91. The average molecular weight is 214 g/mol. The van der Waals surface area contributed by atoms with Crippen LogP contribution in [0.25, 0.3) is 21.3 Å². The van der Waals surface area contributed by atoms with Gasteiger partial charge in [-0.15, -0.1) is 0 Å². The maximum absolute atomic E-state index is 8.36. The van der Waals surface area contributed by atoms with Gasteiger partial charge in [0.15, 0.2) is 0 Å². The van der Waals surface area contributed by atoms with E-state index in [9.17, 15) is 0 Å². The lowest BCUT2D eigenvalue weighted by Gasteiger charge is -2.08. The molecule has 4 heteroatoms. The van der Waals surface area contributed by atoms with Crippen molar-refractivity contribution in [1.82, 2.24) is 4.57 Å². The summed E-state index contributed by atoms with van der Waals surface area (Å²) in [5.74, 6) is 0. The van der Waals surface area contributed by atoms with E-state index < -0.39 is 0 Å². The van der Waals surface area contributed by atoms with Crippen molar-refractivity contribution in [2.24, 2.45) is 5.11 Å². The minimum Gasteiger partial charge on any atom is -0.347 e. The van der Waals surface area contributed by atoms with E-state index in [2.05, 4.69) is 45.8 Å². The fourth-order valence-electron chi connectivity index (χ4n) is 1.89. The zero-order valence-corrected chi connectivity index (χ0v) is 9.46. The molecule has 82 valence electrons. The number of benzene rings is 1. The summed E-state index contributed by atoms with van der Waals surface area (Å²) in [4.78, 5) is 2.82. The molecule has 0 aliphatic carbocycles. The number of aryl methyl sites for hydroxylation is 1. The van der Waals surface area contributed by atoms with Crippen molar-refractivity contribution in [1.29, 1.82) is 0 Å². The minimum atomic E-state index is -0.0260. The third-order valence-electron chi connectivity index (χ3n) is 2.64. The molecule has 0 spiro atoms. The van der Waals surface area contributed by atoms with E-state index in [1.807, 2.05) is 13.1 Å². The van der Waals surface area contributed by atoms with Gasteiger partial charge in [0.1, 0.15) is 0 Å². The molecule has 0 saturated carbocycles. The average Bonchev–Trinajstić information content (AvgIpc) is 2.61. The number of aromatic nitrogens is 1. The Kier molecular flexibility index (Phi) is 2.84. The van der Waals surface area contributed by atoms with Crippen molar-refractivity contribution in [3.8, 4) is 0 Å². The van der Waals surface area contributed by atoms with Gasteiger partial charge in [-0.25, -0.2) is 0 Å². The van der Waals surface area contributed by atoms with E-state index in [1.165, 1.54) is 16.5 Å². The van der Waals surface area contributed by atoms with Gasteiger partial charge in [-0.2, -0.15) is 0 Å². The highest BCUT2D eigenvalue weighted by atomic mass is 15.2. The van der Waals surface area contributed by atoms with Crippen LogP contribution >= 0.6 is 0 Å². The van der Waals surface area contributed by atoms with Gasteiger partial charge < -0.3 is 4.57 Å². The fourth-order valence-corrected chi connectivity index (χ4v) is 1.89. The van der Waals surface area contributed by atoms with E-state index in [4.69, 9.17) is 5.53 Å². The summed E-state index contributed by atoms with van der Waals surface area (Å²) >= 11 is 0. The van der Waals surface area contributed by atoms with Crippen molar-refractivity contribution < 1.29 is 0 Å². The maximum Gasteiger partial charge on any atom is 0.0525 e. The summed E-state index contributed by atoms with van der Waals surface area (Å²) in [6, 6.07) is 8.42. The predicted molar refractivity (Wildman–Crippen MR) is 65.3 cm³/mol. The van der Waals surface area contributed by atoms with Crippen LogP contribution < -0.4 is 0 Å². The molecule has 0 aliphatic heterocycles. The molecule has 4 nitrogen and oxygen atoms in total. The van der Waals surface area contributed by atoms with E-state index in [-0.39, 0.29) is 6.04 Å². The monoisotopic (exact) mass is 214 g/mol. The number of nitrogens with zero attached hydrogens (tertiary/aromatic N) is 4. The third-order valence-corrected chi connectivity index (χ3v) is 2.64. The molecule has 0 aliphatic rings. The Labute approximate surface area is 94.1 Å². The molecule has 0 bridgehead atoms. The van der Waals surface area contributed by atoms with Gasteiger partial charge in [0.25, 0.3) is 0 Å². The van der Waals surface area contributed by atoms with Crippen LogP contribution in [0.3, 0.4) is 0 Å².